The lowest BCUT2D eigenvalue weighted by Crippen LogP contribution is -2.36. The molecule has 1 aliphatic rings. The Morgan fingerprint density at radius 3 is 2.76 bits per heavy atom. The fourth-order valence-corrected chi connectivity index (χ4v) is 2.45. The van der Waals surface area contributed by atoms with Gasteiger partial charge in [0.25, 0.3) is 5.91 Å². The number of hydrogen-bond acceptors (Lipinski definition) is 4. The number of hydrogen-bond donors (Lipinski definition) is 2. The molecule has 0 aliphatic heterocycles. The number of carbonyl (C=O) groups is 1. The minimum absolute atomic E-state index is 0.0714. The maximum Gasteiger partial charge on any atom is 0.251 e. The van der Waals surface area contributed by atoms with E-state index < -0.39 is 0 Å². The quantitative estimate of drug-likeness (QED) is 0.805. The summed E-state index contributed by atoms with van der Waals surface area (Å²) in [5.74, 6) is 0.586. The van der Waals surface area contributed by atoms with Gasteiger partial charge in [0.15, 0.2) is 0 Å². The summed E-state index contributed by atoms with van der Waals surface area (Å²) in [5.41, 5.74) is 7.23. The second-order valence-electron chi connectivity index (χ2n) is 5.98. The average molecular weight is 290 g/mol. The molecule has 3 N–H and O–H groups in total. The van der Waals surface area contributed by atoms with E-state index >= 15 is 0 Å². The van der Waals surface area contributed by atoms with Gasteiger partial charge in [0.1, 0.15) is 5.82 Å². The summed E-state index contributed by atoms with van der Waals surface area (Å²) in [7, 11) is 0. The van der Waals surface area contributed by atoms with Gasteiger partial charge in [0.2, 0.25) is 0 Å². The Balaban J connectivity index is 1.90. The van der Waals surface area contributed by atoms with E-state index in [1.54, 1.807) is 6.07 Å². The number of pyridine rings is 1. The zero-order chi connectivity index (χ0) is 15.4. The highest BCUT2D eigenvalue weighted by atomic mass is 16.1. The van der Waals surface area contributed by atoms with Crippen molar-refractivity contribution in [3.8, 4) is 0 Å². The van der Waals surface area contributed by atoms with E-state index in [9.17, 15) is 4.79 Å². The van der Waals surface area contributed by atoms with Crippen LogP contribution in [0.5, 0.6) is 0 Å². The normalized spacial score (nSPS) is 14.7. The average Bonchev–Trinajstić information content (AvgIpc) is 3.27. The van der Waals surface area contributed by atoms with E-state index in [0.717, 1.165) is 24.8 Å². The van der Waals surface area contributed by atoms with Crippen molar-refractivity contribution in [2.75, 3.05) is 25.4 Å². The van der Waals surface area contributed by atoms with Crippen molar-refractivity contribution in [1.82, 2.24) is 15.2 Å². The maximum absolute atomic E-state index is 12.2. The molecule has 0 radical (unpaired) electrons. The zero-order valence-corrected chi connectivity index (χ0v) is 13.2. The molecule has 0 spiro atoms. The monoisotopic (exact) mass is 290 g/mol. The SMILES string of the molecule is CCN(CCNC(=O)c1cc(N)nc(C(C)C)c1)C1CC1. The van der Waals surface area contributed by atoms with Gasteiger partial charge in [-0.2, -0.15) is 0 Å². The zero-order valence-electron chi connectivity index (χ0n) is 13.2. The van der Waals surface area contributed by atoms with Crippen LogP contribution in [0.4, 0.5) is 5.82 Å². The minimum atomic E-state index is -0.0714. The van der Waals surface area contributed by atoms with Crippen molar-refractivity contribution in [3.63, 3.8) is 0 Å². The Bertz CT molecular complexity index is 497. The van der Waals surface area contributed by atoms with Gasteiger partial charge in [-0.3, -0.25) is 9.69 Å². The summed E-state index contributed by atoms with van der Waals surface area (Å²) in [6.45, 7) is 8.86. The summed E-state index contributed by atoms with van der Waals surface area (Å²) >= 11 is 0. The number of anilines is 1. The third-order valence-electron chi connectivity index (χ3n) is 3.87. The van der Waals surface area contributed by atoms with Crippen molar-refractivity contribution in [1.29, 1.82) is 0 Å². The number of aromatic nitrogens is 1. The van der Waals surface area contributed by atoms with Crippen LogP contribution < -0.4 is 11.1 Å². The molecule has 1 heterocycles. The molecule has 2 rings (SSSR count). The van der Waals surface area contributed by atoms with Crippen LogP contribution in [0.2, 0.25) is 0 Å². The minimum Gasteiger partial charge on any atom is -0.384 e. The smallest absolute Gasteiger partial charge is 0.251 e. The fourth-order valence-electron chi connectivity index (χ4n) is 2.45. The summed E-state index contributed by atoms with van der Waals surface area (Å²) < 4.78 is 0. The van der Waals surface area contributed by atoms with E-state index in [1.807, 2.05) is 19.9 Å². The first-order valence-electron chi connectivity index (χ1n) is 7.81. The van der Waals surface area contributed by atoms with Gasteiger partial charge < -0.3 is 11.1 Å². The van der Waals surface area contributed by atoms with Crippen molar-refractivity contribution < 1.29 is 4.79 Å². The number of carbonyl (C=O) groups excluding carboxylic acids is 1. The third kappa shape index (κ3) is 4.43. The Kier molecular flexibility index (Phi) is 5.17. The van der Waals surface area contributed by atoms with Crippen molar-refractivity contribution in [2.24, 2.45) is 0 Å². The van der Waals surface area contributed by atoms with Gasteiger partial charge in [-0.15, -0.1) is 0 Å². The molecule has 1 fully saturated rings. The van der Waals surface area contributed by atoms with E-state index in [0.29, 0.717) is 17.9 Å². The molecule has 5 heteroatoms. The highest BCUT2D eigenvalue weighted by molar-refractivity contribution is 5.94. The Hall–Kier alpha value is -1.62. The molecule has 116 valence electrons. The van der Waals surface area contributed by atoms with E-state index in [2.05, 4.69) is 22.1 Å². The van der Waals surface area contributed by atoms with E-state index in [1.165, 1.54) is 12.8 Å². The van der Waals surface area contributed by atoms with Crippen LogP contribution in [0, 0.1) is 0 Å². The molecule has 0 unspecified atom stereocenters. The molecular formula is C16H26N4O. The number of nitrogens with zero attached hydrogens (tertiary/aromatic N) is 2. The van der Waals surface area contributed by atoms with E-state index in [4.69, 9.17) is 5.73 Å². The first kappa shape index (κ1) is 15.8. The van der Waals surface area contributed by atoms with Crippen LogP contribution in [0.25, 0.3) is 0 Å². The molecule has 1 aromatic heterocycles. The number of likely N-dealkylation sites (N-methyl/N-ethyl adjacent to an activating group) is 1. The molecule has 0 atom stereocenters. The lowest BCUT2D eigenvalue weighted by molar-refractivity contribution is 0.0947. The fraction of sp³-hybridized carbons (Fsp3) is 0.625. The van der Waals surface area contributed by atoms with Gasteiger partial charge in [0.05, 0.1) is 0 Å². The predicted molar refractivity (Wildman–Crippen MR) is 85.3 cm³/mol. The van der Waals surface area contributed by atoms with Crippen LogP contribution >= 0.6 is 0 Å². The Morgan fingerprint density at radius 1 is 1.48 bits per heavy atom. The molecule has 5 nitrogen and oxygen atoms in total. The topological polar surface area (TPSA) is 71.2 Å². The van der Waals surface area contributed by atoms with Gasteiger partial charge in [-0.25, -0.2) is 4.98 Å². The highest BCUT2D eigenvalue weighted by Gasteiger charge is 2.27. The maximum atomic E-state index is 12.2. The second-order valence-corrected chi connectivity index (χ2v) is 5.98. The van der Waals surface area contributed by atoms with E-state index in [-0.39, 0.29) is 11.8 Å². The van der Waals surface area contributed by atoms with Crippen molar-refractivity contribution in [2.45, 2.75) is 45.6 Å². The van der Waals surface area contributed by atoms with Crippen LogP contribution in [-0.4, -0.2) is 41.5 Å². The second kappa shape index (κ2) is 6.89. The standard InChI is InChI=1S/C16H26N4O/c1-4-20(13-5-6-13)8-7-18-16(21)12-9-14(11(2)3)19-15(17)10-12/h9-11,13H,4-8H2,1-3H3,(H2,17,19)(H,18,21). The summed E-state index contributed by atoms with van der Waals surface area (Å²) in [4.78, 5) is 18.9. The van der Waals surface area contributed by atoms with Crippen LogP contribution in [0.1, 0.15) is 55.6 Å². The number of nitrogen functional groups attached to an aromatic ring is 1. The molecule has 1 aromatic rings. The number of rotatable bonds is 7. The summed E-state index contributed by atoms with van der Waals surface area (Å²) in [6, 6.07) is 4.20. The summed E-state index contributed by atoms with van der Waals surface area (Å²) in [5, 5.41) is 2.98. The largest absolute Gasteiger partial charge is 0.384 e. The number of amides is 1. The van der Waals surface area contributed by atoms with Crippen LogP contribution in [0.15, 0.2) is 12.1 Å². The first-order valence-corrected chi connectivity index (χ1v) is 7.81. The number of nitrogens with two attached hydrogens (primary N) is 1. The van der Waals surface area contributed by atoms with Crippen LogP contribution in [-0.2, 0) is 0 Å². The predicted octanol–water partition coefficient (Wildman–Crippen LogP) is 2.00. The molecular weight excluding hydrogens is 264 g/mol. The van der Waals surface area contributed by atoms with Gasteiger partial charge in [-0.1, -0.05) is 20.8 Å². The molecule has 0 saturated heterocycles. The van der Waals surface area contributed by atoms with Gasteiger partial charge in [0, 0.05) is 30.4 Å². The van der Waals surface area contributed by atoms with Gasteiger partial charge in [-0.05, 0) is 37.4 Å². The highest BCUT2D eigenvalue weighted by Crippen LogP contribution is 2.25. The molecule has 0 bridgehead atoms. The van der Waals surface area contributed by atoms with Crippen molar-refractivity contribution >= 4 is 11.7 Å². The Morgan fingerprint density at radius 2 is 2.19 bits per heavy atom. The Labute approximate surface area is 126 Å². The lowest BCUT2D eigenvalue weighted by atomic mass is 10.1. The molecule has 1 amide bonds. The van der Waals surface area contributed by atoms with Crippen LogP contribution in [0.3, 0.4) is 0 Å². The lowest BCUT2D eigenvalue weighted by Gasteiger charge is -2.19. The first-order chi connectivity index (χ1) is 10.0. The van der Waals surface area contributed by atoms with Crippen molar-refractivity contribution in [3.05, 3.63) is 23.4 Å². The third-order valence-corrected chi connectivity index (χ3v) is 3.87. The van der Waals surface area contributed by atoms with Gasteiger partial charge >= 0.3 is 0 Å². The molecule has 1 saturated carbocycles. The molecule has 21 heavy (non-hydrogen) atoms. The molecule has 1 aliphatic carbocycles. The molecule has 0 aromatic carbocycles. The number of nitrogens with one attached hydrogen (secondary N) is 1. The summed E-state index contributed by atoms with van der Waals surface area (Å²) in [6.07, 6.45) is 2.58.